The third-order valence-electron chi connectivity index (χ3n) is 3.01. The van der Waals surface area contributed by atoms with Gasteiger partial charge in [-0.1, -0.05) is 42.5 Å². The number of primary amides is 1. The second-order valence-corrected chi connectivity index (χ2v) is 5.10. The summed E-state index contributed by atoms with van der Waals surface area (Å²) in [5.74, 6) is -0.913. The lowest BCUT2D eigenvalue weighted by Gasteiger charge is -2.04. The average molecular weight is 335 g/mol. The topological polar surface area (TPSA) is 106 Å². The maximum absolute atomic E-state index is 10.6. The number of carbonyl (C=O) groups excluding carboxylic acids is 1. The summed E-state index contributed by atoms with van der Waals surface area (Å²) in [6.45, 7) is 0. The third kappa shape index (κ3) is 6.95. The molecule has 23 heavy (non-hydrogen) atoms. The van der Waals surface area contributed by atoms with Crippen molar-refractivity contribution in [2.45, 2.75) is 18.3 Å². The van der Waals surface area contributed by atoms with Crippen LogP contribution < -0.4 is 11.5 Å². The lowest BCUT2D eigenvalue weighted by molar-refractivity contribution is -0.138. The highest BCUT2D eigenvalue weighted by molar-refractivity contribution is 6.17. The number of alkyl halides is 1. The zero-order valence-electron chi connectivity index (χ0n) is 12.5. The molecule has 2 aromatic rings. The van der Waals surface area contributed by atoms with Crippen molar-refractivity contribution in [3.8, 4) is 0 Å². The minimum absolute atomic E-state index is 0.385. The maximum atomic E-state index is 10.6. The van der Waals surface area contributed by atoms with Crippen LogP contribution in [0.5, 0.6) is 0 Å². The number of rotatable bonds is 5. The van der Waals surface area contributed by atoms with E-state index in [4.69, 9.17) is 28.2 Å². The van der Waals surface area contributed by atoms with Gasteiger partial charge in [0.2, 0.25) is 5.91 Å². The van der Waals surface area contributed by atoms with E-state index in [0.717, 1.165) is 11.1 Å². The first-order chi connectivity index (χ1) is 10.9. The fraction of sp³-hybridized carbons (Fsp3) is 0.176. The van der Waals surface area contributed by atoms with Crippen molar-refractivity contribution < 1.29 is 14.7 Å². The molecule has 6 heteroatoms. The summed E-state index contributed by atoms with van der Waals surface area (Å²) in [5, 5.41) is 8.52. The number of benzene rings is 2. The summed E-state index contributed by atoms with van der Waals surface area (Å²) in [4.78, 5) is 21.0. The molecule has 1 amide bonds. The molecular weight excluding hydrogens is 316 g/mol. The smallest absolute Gasteiger partial charge is 0.320 e. The van der Waals surface area contributed by atoms with Crippen molar-refractivity contribution in [2.75, 3.05) is 0 Å². The van der Waals surface area contributed by atoms with Gasteiger partial charge in [0.25, 0.3) is 0 Å². The minimum Gasteiger partial charge on any atom is -0.480 e. The molecule has 0 fully saturated rings. The summed E-state index contributed by atoms with van der Waals surface area (Å²) in [5.41, 5.74) is 12.8. The van der Waals surface area contributed by atoms with Gasteiger partial charge in [-0.2, -0.15) is 0 Å². The molecule has 0 spiro atoms. The molecule has 0 aliphatic rings. The number of hydrogen-bond donors (Lipinski definition) is 3. The largest absolute Gasteiger partial charge is 0.480 e. The van der Waals surface area contributed by atoms with Crippen molar-refractivity contribution in [3.63, 3.8) is 0 Å². The monoisotopic (exact) mass is 334 g/mol. The summed E-state index contributed by atoms with van der Waals surface area (Å²) in [6, 6.07) is 15.4. The number of hydrogen-bond acceptors (Lipinski definition) is 3. The van der Waals surface area contributed by atoms with Crippen LogP contribution in [0.4, 0.5) is 0 Å². The molecule has 5 N–H and O–H groups in total. The van der Waals surface area contributed by atoms with E-state index in [1.54, 1.807) is 24.3 Å². The molecule has 0 aromatic heterocycles. The molecule has 0 bridgehead atoms. The van der Waals surface area contributed by atoms with Crippen LogP contribution in [0.15, 0.2) is 54.6 Å². The van der Waals surface area contributed by atoms with Crippen LogP contribution >= 0.6 is 11.6 Å². The van der Waals surface area contributed by atoms with Gasteiger partial charge in [-0.15, -0.1) is 11.6 Å². The Morgan fingerprint density at radius 2 is 1.57 bits per heavy atom. The first-order valence-corrected chi connectivity index (χ1v) is 7.44. The molecule has 122 valence electrons. The van der Waals surface area contributed by atoms with Crippen LogP contribution in [0.2, 0.25) is 0 Å². The van der Waals surface area contributed by atoms with E-state index >= 15 is 0 Å². The lowest BCUT2D eigenvalue weighted by atomic mass is 10.1. The maximum Gasteiger partial charge on any atom is 0.320 e. The molecule has 0 saturated carbocycles. The van der Waals surface area contributed by atoms with Crippen LogP contribution in [0.3, 0.4) is 0 Å². The SMILES string of the molecule is NC(=O)c1ccc(CCl)cc1.N[C@@H](Cc1ccccc1)C(=O)O. The van der Waals surface area contributed by atoms with Gasteiger partial charge in [-0.05, 0) is 29.7 Å². The molecule has 0 radical (unpaired) electrons. The van der Waals surface area contributed by atoms with Crippen molar-refractivity contribution in [2.24, 2.45) is 11.5 Å². The average Bonchev–Trinajstić information content (AvgIpc) is 2.56. The fourth-order valence-electron chi connectivity index (χ4n) is 1.71. The van der Waals surface area contributed by atoms with Gasteiger partial charge in [-0.25, -0.2) is 0 Å². The van der Waals surface area contributed by atoms with Crippen LogP contribution in [-0.4, -0.2) is 23.0 Å². The van der Waals surface area contributed by atoms with E-state index in [2.05, 4.69) is 0 Å². The highest BCUT2D eigenvalue weighted by Gasteiger charge is 2.10. The summed E-state index contributed by atoms with van der Waals surface area (Å²) in [6.07, 6.45) is 0.385. The molecule has 0 aliphatic heterocycles. The highest BCUT2D eigenvalue weighted by Crippen LogP contribution is 2.05. The summed E-state index contributed by atoms with van der Waals surface area (Å²) < 4.78 is 0. The number of carboxylic acids is 1. The van der Waals surface area contributed by atoms with Gasteiger partial charge < -0.3 is 16.6 Å². The number of amides is 1. The summed E-state index contributed by atoms with van der Waals surface area (Å²) >= 11 is 5.54. The quantitative estimate of drug-likeness (QED) is 0.728. The normalized spacial score (nSPS) is 11.0. The van der Waals surface area contributed by atoms with Crippen molar-refractivity contribution in [3.05, 3.63) is 71.3 Å². The van der Waals surface area contributed by atoms with Gasteiger partial charge in [0.15, 0.2) is 0 Å². The van der Waals surface area contributed by atoms with E-state index in [1.807, 2.05) is 30.3 Å². The Morgan fingerprint density at radius 1 is 1.00 bits per heavy atom. The predicted molar refractivity (Wildman–Crippen MR) is 90.3 cm³/mol. The third-order valence-corrected chi connectivity index (χ3v) is 3.32. The number of carbonyl (C=O) groups is 2. The number of carboxylic acid groups (broad SMARTS) is 1. The Kier molecular flexibility index (Phi) is 7.80. The second-order valence-electron chi connectivity index (χ2n) is 4.83. The van der Waals surface area contributed by atoms with E-state index in [0.29, 0.717) is 17.9 Å². The van der Waals surface area contributed by atoms with E-state index in [9.17, 15) is 9.59 Å². The Morgan fingerprint density at radius 3 is 2.00 bits per heavy atom. The van der Waals surface area contributed by atoms with Crippen molar-refractivity contribution in [1.29, 1.82) is 0 Å². The van der Waals surface area contributed by atoms with Crippen molar-refractivity contribution >= 4 is 23.5 Å². The van der Waals surface area contributed by atoms with Gasteiger partial charge in [-0.3, -0.25) is 9.59 Å². The van der Waals surface area contributed by atoms with Gasteiger partial charge >= 0.3 is 5.97 Å². The minimum atomic E-state index is -0.959. The van der Waals surface area contributed by atoms with Crippen LogP contribution in [0.25, 0.3) is 0 Å². The molecule has 0 aliphatic carbocycles. The second kappa shape index (κ2) is 9.61. The predicted octanol–water partition coefficient (Wildman–Crippen LogP) is 2.17. The van der Waals surface area contributed by atoms with Crippen LogP contribution in [-0.2, 0) is 17.1 Å². The van der Waals surface area contributed by atoms with Crippen molar-refractivity contribution in [1.82, 2.24) is 0 Å². The van der Waals surface area contributed by atoms with Gasteiger partial charge in [0.1, 0.15) is 6.04 Å². The molecule has 2 rings (SSSR count). The zero-order chi connectivity index (χ0) is 17.2. The molecule has 0 saturated heterocycles. The molecular formula is C17H19ClN2O3. The highest BCUT2D eigenvalue weighted by atomic mass is 35.5. The Hall–Kier alpha value is -2.37. The standard InChI is InChI=1S/C9H11NO2.C8H8ClNO/c10-8(9(11)12)6-7-4-2-1-3-5-7;9-5-6-1-3-7(4-2-6)8(10)11/h1-5,8H,6,10H2,(H,11,12);1-4H,5H2,(H2,10,11)/t8-;/m0./s1. The Balaban J connectivity index is 0.000000231. The van der Waals surface area contributed by atoms with E-state index in [-0.39, 0.29) is 0 Å². The molecule has 0 heterocycles. The molecule has 5 nitrogen and oxygen atoms in total. The molecule has 0 unspecified atom stereocenters. The molecule has 2 aromatic carbocycles. The summed E-state index contributed by atoms with van der Waals surface area (Å²) in [7, 11) is 0. The van der Waals surface area contributed by atoms with E-state index < -0.39 is 17.9 Å². The first-order valence-electron chi connectivity index (χ1n) is 6.91. The zero-order valence-corrected chi connectivity index (χ0v) is 13.2. The first kappa shape index (κ1) is 18.7. The number of nitrogens with two attached hydrogens (primary N) is 2. The van der Waals surface area contributed by atoms with E-state index in [1.165, 1.54) is 0 Å². The Bertz CT molecular complexity index is 630. The number of halogens is 1. The lowest BCUT2D eigenvalue weighted by Crippen LogP contribution is -2.32. The fourth-order valence-corrected chi connectivity index (χ4v) is 1.89. The van der Waals surface area contributed by atoms with Crippen LogP contribution in [0, 0.1) is 0 Å². The number of aliphatic carboxylic acids is 1. The Labute approximate surface area is 139 Å². The molecule has 1 atom stereocenters. The van der Waals surface area contributed by atoms with Gasteiger partial charge in [0.05, 0.1) is 0 Å². The van der Waals surface area contributed by atoms with Gasteiger partial charge in [0, 0.05) is 11.4 Å². The van der Waals surface area contributed by atoms with Crippen LogP contribution in [0.1, 0.15) is 21.5 Å².